The van der Waals surface area contributed by atoms with Crippen LogP contribution in [0.4, 0.5) is 18.9 Å². The van der Waals surface area contributed by atoms with Gasteiger partial charge in [-0.25, -0.2) is 0 Å². The summed E-state index contributed by atoms with van der Waals surface area (Å²) in [5, 5.41) is 2.36. The fourth-order valence-electron chi connectivity index (χ4n) is 3.49. The lowest BCUT2D eigenvalue weighted by molar-refractivity contribution is -0.146. The Balaban J connectivity index is 1.84. The standard InChI is InChI=1S/C20H20F3N5O3/c1-11-2-3-15(12-4-5-26-16(7-12)20(21,22)23)28(10-11)19(31)18(30)27-14-6-13(17(24)29)8-25-9-14/h4-9,11,15H,2-3,10H2,1H3,(H2,24,29)(H,27,30)/t11-,15+/m0/s1. The van der Waals surface area contributed by atoms with E-state index >= 15 is 0 Å². The summed E-state index contributed by atoms with van der Waals surface area (Å²) < 4.78 is 39.2. The Morgan fingerprint density at radius 3 is 2.61 bits per heavy atom. The van der Waals surface area contributed by atoms with Crippen LogP contribution in [-0.4, -0.2) is 39.1 Å². The summed E-state index contributed by atoms with van der Waals surface area (Å²) in [6.45, 7) is 2.10. The molecule has 0 bridgehead atoms. The van der Waals surface area contributed by atoms with Crippen molar-refractivity contribution in [1.29, 1.82) is 0 Å². The Morgan fingerprint density at radius 2 is 1.94 bits per heavy atom. The largest absolute Gasteiger partial charge is 0.433 e. The molecule has 8 nitrogen and oxygen atoms in total. The summed E-state index contributed by atoms with van der Waals surface area (Å²) >= 11 is 0. The van der Waals surface area contributed by atoms with Crippen molar-refractivity contribution in [3.8, 4) is 0 Å². The van der Waals surface area contributed by atoms with Gasteiger partial charge in [0.2, 0.25) is 5.91 Å². The molecule has 0 unspecified atom stereocenters. The number of piperidine rings is 1. The van der Waals surface area contributed by atoms with E-state index in [1.807, 2.05) is 6.92 Å². The normalized spacial score (nSPS) is 19.0. The van der Waals surface area contributed by atoms with Crippen LogP contribution in [0.1, 0.15) is 47.4 Å². The Morgan fingerprint density at radius 1 is 1.19 bits per heavy atom. The predicted octanol–water partition coefficient (Wildman–Crippen LogP) is 2.53. The van der Waals surface area contributed by atoms with Crippen molar-refractivity contribution in [2.24, 2.45) is 11.7 Å². The van der Waals surface area contributed by atoms with E-state index in [4.69, 9.17) is 5.73 Å². The highest BCUT2D eigenvalue weighted by molar-refractivity contribution is 6.39. The van der Waals surface area contributed by atoms with E-state index in [2.05, 4.69) is 15.3 Å². The number of hydrogen-bond acceptors (Lipinski definition) is 5. The lowest BCUT2D eigenvalue weighted by atomic mass is 9.90. The number of rotatable bonds is 3. The average molecular weight is 435 g/mol. The van der Waals surface area contributed by atoms with Gasteiger partial charge in [0.05, 0.1) is 23.5 Å². The number of carbonyl (C=O) groups is 3. The molecule has 1 aliphatic rings. The van der Waals surface area contributed by atoms with Gasteiger partial charge in [-0.2, -0.15) is 13.2 Å². The molecule has 1 saturated heterocycles. The van der Waals surface area contributed by atoms with Gasteiger partial charge >= 0.3 is 18.0 Å². The molecule has 3 heterocycles. The number of carbonyl (C=O) groups excluding carboxylic acids is 3. The van der Waals surface area contributed by atoms with Gasteiger partial charge in [0.15, 0.2) is 0 Å². The zero-order valence-electron chi connectivity index (χ0n) is 16.5. The zero-order valence-corrected chi connectivity index (χ0v) is 16.5. The number of alkyl halides is 3. The van der Waals surface area contributed by atoms with Crippen molar-refractivity contribution in [3.05, 3.63) is 53.6 Å². The Hall–Kier alpha value is -3.50. The summed E-state index contributed by atoms with van der Waals surface area (Å²) in [4.78, 5) is 45.1. The first kappa shape index (κ1) is 22.2. The average Bonchev–Trinajstić information content (AvgIpc) is 2.72. The molecule has 0 aromatic carbocycles. The number of primary amides is 1. The second kappa shape index (κ2) is 8.70. The Bertz CT molecular complexity index is 1010. The third-order valence-corrected chi connectivity index (χ3v) is 5.01. The lowest BCUT2D eigenvalue weighted by Crippen LogP contribution is -2.46. The molecule has 11 heteroatoms. The Labute approximate surface area is 175 Å². The number of anilines is 1. The van der Waals surface area contributed by atoms with Crippen LogP contribution in [0, 0.1) is 5.92 Å². The minimum Gasteiger partial charge on any atom is -0.366 e. The second-order valence-electron chi connectivity index (χ2n) is 7.41. The smallest absolute Gasteiger partial charge is 0.366 e. The zero-order chi connectivity index (χ0) is 22.8. The number of nitrogens with zero attached hydrogens (tertiary/aromatic N) is 3. The lowest BCUT2D eigenvalue weighted by Gasteiger charge is -2.38. The van der Waals surface area contributed by atoms with Gasteiger partial charge in [0.1, 0.15) is 5.69 Å². The van der Waals surface area contributed by atoms with Gasteiger partial charge in [-0.05, 0) is 42.5 Å². The summed E-state index contributed by atoms with van der Waals surface area (Å²) in [5.74, 6) is -2.58. The van der Waals surface area contributed by atoms with Crippen LogP contribution >= 0.6 is 0 Å². The molecule has 1 fully saturated rings. The highest BCUT2D eigenvalue weighted by atomic mass is 19.4. The first-order valence-electron chi connectivity index (χ1n) is 9.46. The van der Waals surface area contributed by atoms with Crippen LogP contribution < -0.4 is 11.1 Å². The SMILES string of the molecule is C[C@H]1CC[C@H](c2ccnc(C(F)(F)F)c2)N(C(=O)C(=O)Nc2cncc(C(N)=O)c2)C1. The molecule has 3 amide bonds. The number of nitrogens with one attached hydrogen (secondary N) is 1. The monoisotopic (exact) mass is 435 g/mol. The van der Waals surface area contributed by atoms with Crippen molar-refractivity contribution in [1.82, 2.24) is 14.9 Å². The maximum absolute atomic E-state index is 13.1. The maximum Gasteiger partial charge on any atom is 0.433 e. The molecule has 31 heavy (non-hydrogen) atoms. The molecule has 164 valence electrons. The molecule has 0 aliphatic carbocycles. The van der Waals surface area contributed by atoms with Gasteiger partial charge in [-0.3, -0.25) is 24.4 Å². The van der Waals surface area contributed by atoms with E-state index in [-0.39, 0.29) is 29.3 Å². The van der Waals surface area contributed by atoms with Gasteiger partial charge in [0.25, 0.3) is 0 Å². The minimum atomic E-state index is -4.62. The summed E-state index contributed by atoms with van der Waals surface area (Å²) in [6.07, 6.45) is -0.0384. The first-order chi connectivity index (χ1) is 14.6. The van der Waals surface area contributed by atoms with E-state index in [0.717, 1.165) is 12.3 Å². The van der Waals surface area contributed by atoms with Gasteiger partial charge < -0.3 is 16.0 Å². The van der Waals surface area contributed by atoms with E-state index in [9.17, 15) is 27.6 Å². The van der Waals surface area contributed by atoms with Crippen molar-refractivity contribution >= 4 is 23.4 Å². The van der Waals surface area contributed by atoms with E-state index in [0.29, 0.717) is 12.8 Å². The van der Waals surface area contributed by atoms with E-state index in [1.165, 1.54) is 29.4 Å². The molecule has 2 aromatic heterocycles. The quantitative estimate of drug-likeness (QED) is 0.719. The van der Waals surface area contributed by atoms with Gasteiger partial charge in [-0.15, -0.1) is 0 Å². The first-order valence-corrected chi connectivity index (χ1v) is 9.46. The molecule has 0 saturated carbocycles. The number of hydrogen-bond donors (Lipinski definition) is 2. The molecular formula is C20H20F3N5O3. The van der Waals surface area contributed by atoms with Crippen molar-refractivity contribution in [2.45, 2.75) is 32.0 Å². The number of nitrogens with two attached hydrogens (primary N) is 1. The predicted molar refractivity (Wildman–Crippen MR) is 103 cm³/mol. The third-order valence-electron chi connectivity index (χ3n) is 5.01. The van der Waals surface area contributed by atoms with Crippen molar-refractivity contribution < 1.29 is 27.6 Å². The van der Waals surface area contributed by atoms with Gasteiger partial charge in [0, 0.05) is 18.9 Å². The number of likely N-dealkylation sites (tertiary alicyclic amines) is 1. The fraction of sp³-hybridized carbons (Fsp3) is 0.350. The highest BCUT2D eigenvalue weighted by Crippen LogP contribution is 2.36. The summed E-state index contributed by atoms with van der Waals surface area (Å²) in [5.41, 5.74) is 4.52. The Kier molecular flexibility index (Phi) is 6.23. The van der Waals surface area contributed by atoms with Crippen molar-refractivity contribution in [3.63, 3.8) is 0 Å². The number of aromatic nitrogens is 2. The fourth-order valence-corrected chi connectivity index (χ4v) is 3.49. The molecule has 3 rings (SSSR count). The minimum absolute atomic E-state index is 0.0474. The summed E-state index contributed by atoms with van der Waals surface area (Å²) in [7, 11) is 0. The van der Waals surface area contributed by atoms with Crippen LogP contribution in [0.2, 0.25) is 0 Å². The van der Waals surface area contributed by atoms with E-state index in [1.54, 1.807) is 0 Å². The molecule has 2 atom stereocenters. The van der Waals surface area contributed by atoms with Crippen molar-refractivity contribution in [2.75, 3.05) is 11.9 Å². The van der Waals surface area contributed by atoms with Crippen LogP contribution in [0.3, 0.4) is 0 Å². The van der Waals surface area contributed by atoms with Crippen LogP contribution in [0.5, 0.6) is 0 Å². The summed E-state index contributed by atoms with van der Waals surface area (Å²) in [6, 6.07) is 2.89. The molecular weight excluding hydrogens is 415 g/mol. The van der Waals surface area contributed by atoms with Crippen LogP contribution in [0.15, 0.2) is 36.8 Å². The van der Waals surface area contributed by atoms with Gasteiger partial charge in [-0.1, -0.05) is 6.92 Å². The van der Waals surface area contributed by atoms with Crippen LogP contribution in [0.25, 0.3) is 0 Å². The molecule has 0 spiro atoms. The topological polar surface area (TPSA) is 118 Å². The molecule has 3 N–H and O–H groups in total. The molecule has 0 radical (unpaired) electrons. The van der Waals surface area contributed by atoms with Crippen LogP contribution in [-0.2, 0) is 15.8 Å². The molecule has 2 aromatic rings. The third kappa shape index (κ3) is 5.16. The molecule has 1 aliphatic heterocycles. The number of halogens is 3. The van der Waals surface area contributed by atoms with E-state index < -0.39 is 35.6 Å². The number of pyridine rings is 2. The highest BCUT2D eigenvalue weighted by Gasteiger charge is 2.37. The maximum atomic E-state index is 13.1. The second-order valence-corrected chi connectivity index (χ2v) is 7.41. The number of amides is 3.